The van der Waals surface area contributed by atoms with Crippen LogP contribution in [0, 0.1) is 6.42 Å². The Bertz CT molecular complexity index is 356. The fourth-order valence-corrected chi connectivity index (χ4v) is 1.58. The molecule has 1 N–H and O–H groups in total. The van der Waals surface area contributed by atoms with Crippen molar-refractivity contribution in [3.63, 3.8) is 0 Å². The molecule has 1 aliphatic rings. The number of nitrogens with zero attached hydrogens (tertiary/aromatic N) is 2. The third-order valence-corrected chi connectivity index (χ3v) is 2.39. The summed E-state index contributed by atoms with van der Waals surface area (Å²) in [7, 11) is 1.75. The van der Waals surface area contributed by atoms with Crippen LogP contribution in [0.15, 0.2) is 6.20 Å². The lowest BCUT2D eigenvalue weighted by Gasteiger charge is -2.23. The van der Waals surface area contributed by atoms with Gasteiger partial charge < -0.3 is 14.8 Å². The van der Waals surface area contributed by atoms with Crippen molar-refractivity contribution in [1.29, 1.82) is 0 Å². The molecule has 1 aromatic heterocycles. The minimum absolute atomic E-state index is 0.188. The highest BCUT2D eigenvalue weighted by atomic mass is 35.5. The minimum Gasteiger partial charge on any atom is -0.459 e. The third-order valence-electron chi connectivity index (χ3n) is 2.21. The molecule has 0 bridgehead atoms. The largest absolute Gasteiger partial charge is 0.459 e. The molecule has 1 fully saturated rings. The van der Waals surface area contributed by atoms with E-state index in [4.69, 9.17) is 21.1 Å². The van der Waals surface area contributed by atoms with Gasteiger partial charge in [0, 0.05) is 13.5 Å². The minimum atomic E-state index is -0.259. The molecule has 5 nitrogen and oxygen atoms in total. The molecule has 1 aliphatic heterocycles. The molecule has 87 valence electrons. The van der Waals surface area contributed by atoms with E-state index in [1.165, 1.54) is 0 Å². The summed E-state index contributed by atoms with van der Waals surface area (Å²) in [4.78, 5) is 7.89. The molecule has 1 radical (unpaired) electrons. The van der Waals surface area contributed by atoms with Gasteiger partial charge in [-0.1, -0.05) is 0 Å². The molecule has 0 spiro atoms. The van der Waals surface area contributed by atoms with Crippen molar-refractivity contribution >= 4 is 17.4 Å². The van der Waals surface area contributed by atoms with Crippen LogP contribution >= 0.6 is 11.6 Å². The molecule has 1 unspecified atom stereocenters. The Morgan fingerprint density at radius 2 is 2.50 bits per heavy atom. The average molecular weight is 243 g/mol. The van der Waals surface area contributed by atoms with Gasteiger partial charge in [-0.05, 0) is 24.4 Å². The zero-order valence-electron chi connectivity index (χ0n) is 8.94. The molecule has 16 heavy (non-hydrogen) atoms. The van der Waals surface area contributed by atoms with Gasteiger partial charge in [0.1, 0.15) is 0 Å². The number of aromatic nitrogens is 2. The lowest BCUT2D eigenvalue weighted by atomic mass is 10.2. The van der Waals surface area contributed by atoms with Crippen LogP contribution in [0.25, 0.3) is 0 Å². The summed E-state index contributed by atoms with van der Waals surface area (Å²) >= 11 is 5.68. The van der Waals surface area contributed by atoms with Crippen LogP contribution in [0.1, 0.15) is 12.8 Å². The molecule has 0 aromatic carbocycles. The van der Waals surface area contributed by atoms with Crippen molar-refractivity contribution in [3.8, 4) is 5.75 Å². The Hall–Kier alpha value is -1.07. The van der Waals surface area contributed by atoms with Crippen LogP contribution in [0.2, 0.25) is 5.28 Å². The topological polar surface area (TPSA) is 56.3 Å². The van der Waals surface area contributed by atoms with E-state index in [0.29, 0.717) is 18.2 Å². The zero-order valence-corrected chi connectivity index (χ0v) is 9.70. The summed E-state index contributed by atoms with van der Waals surface area (Å²) in [6, 6.07) is 0. The monoisotopic (exact) mass is 242 g/mol. The first-order valence-electron chi connectivity index (χ1n) is 5.10. The summed E-state index contributed by atoms with van der Waals surface area (Å²) in [5.41, 5.74) is 0. The van der Waals surface area contributed by atoms with Crippen molar-refractivity contribution in [2.45, 2.75) is 19.1 Å². The van der Waals surface area contributed by atoms with E-state index in [1.54, 1.807) is 13.2 Å². The maximum atomic E-state index is 5.68. The van der Waals surface area contributed by atoms with Crippen LogP contribution < -0.4 is 10.1 Å². The Balaban J connectivity index is 2.07. The van der Waals surface area contributed by atoms with E-state index in [0.717, 1.165) is 12.8 Å². The van der Waals surface area contributed by atoms with Gasteiger partial charge in [0.15, 0.2) is 17.9 Å². The van der Waals surface area contributed by atoms with E-state index < -0.39 is 0 Å². The Labute approximate surface area is 99.1 Å². The summed E-state index contributed by atoms with van der Waals surface area (Å²) in [6.45, 7) is 0.688. The van der Waals surface area contributed by atoms with Crippen LogP contribution in [0.3, 0.4) is 0 Å². The van der Waals surface area contributed by atoms with Crippen molar-refractivity contribution in [3.05, 3.63) is 17.9 Å². The first-order chi connectivity index (χ1) is 7.79. The summed E-state index contributed by atoms with van der Waals surface area (Å²) in [5, 5.41) is 3.09. The number of halogens is 1. The number of anilines is 1. The average Bonchev–Trinajstić information content (AvgIpc) is 2.33. The van der Waals surface area contributed by atoms with Gasteiger partial charge in [0.2, 0.25) is 5.28 Å². The quantitative estimate of drug-likeness (QED) is 0.821. The Kier molecular flexibility index (Phi) is 3.79. The molecular formula is C10H13ClN3O2. The van der Waals surface area contributed by atoms with E-state index >= 15 is 0 Å². The van der Waals surface area contributed by atoms with Gasteiger partial charge in [-0.25, -0.2) is 4.98 Å². The van der Waals surface area contributed by atoms with Crippen molar-refractivity contribution in [2.24, 2.45) is 0 Å². The number of hydrogen-bond acceptors (Lipinski definition) is 5. The molecular weight excluding hydrogens is 230 g/mol. The SMILES string of the molecule is CNc1nc(Cl)ncc1OC1C[CH]CCO1. The van der Waals surface area contributed by atoms with E-state index in [-0.39, 0.29) is 11.6 Å². The second-order valence-corrected chi connectivity index (χ2v) is 3.67. The molecule has 0 saturated carbocycles. The lowest BCUT2D eigenvalue weighted by Crippen LogP contribution is -2.25. The maximum Gasteiger partial charge on any atom is 0.224 e. The molecule has 1 saturated heterocycles. The van der Waals surface area contributed by atoms with Gasteiger partial charge in [0.05, 0.1) is 12.8 Å². The molecule has 1 aromatic rings. The van der Waals surface area contributed by atoms with Crippen molar-refractivity contribution in [1.82, 2.24) is 9.97 Å². The highest BCUT2D eigenvalue weighted by Gasteiger charge is 2.17. The zero-order chi connectivity index (χ0) is 11.4. The van der Waals surface area contributed by atoms with Crippen LogP contribution in [0.5, 0.6) is 5.75 Å². The Morgan fingerprint density at radius 3 is 3.19 bits per heavy atom. The van der Waals surface area contributed by atoms with E-state index in [2.05, 4.69) is 21.7 Å². The van der Waals surface area contributed by atoms with Gasteiger partial charge >= 0.3 is 0 Å². The summed E-state index contributed by atoms with van der Waals surface area (Å²) < 4.78 is 11.1. The molecule has 0 aliphatic carbocycles. The van der Waals surface area contributed by atoms with Crippen LogP contribution in [-0.2, 0) is 4.74 Å². The van der Waals surface area contributed by atoms with Gasteiger partial charge in [-0.2, -0.15) is 4.98 Å². The maximum absolute atomic E-state index is 5.68. The fourth-order valence-electron chi connectivity index (χ4n) is 1.44. The summed E-state index contributed by atoms with van der Waals surface area (Å²) in [6.07, 6.45) is 5.16. The van der Waals surface area contributed by atoms with Gasteiger partial charge in [-0.15, -0.1) is 0 Å². The highest BCUT2D eigenvalue weighted by molar-refractivity contribution is 6.28. The van der Waals surface area contributed by atoms with Gasteiger partial charge in [0.25, 0.3) is 0 Å². The lowest BCUT2D eigenvalue weighted by molar-refractivity contribution is -0.0929. The standard InChI is InChI=1S/C10H13ClN3O2/c1-12-9-7(6-13-10(11)14-9)16-8-4-2-3-5-15-8/h2,6,8H,3-5H2,1H3,(H,12,13,14). The Morgan fingerprint density at radius 1 is 1.62 bits per heavy atom. The number of hydrogen-bond donors (Lipinski definition) is 1. The number of nitrogens with one attached hydrogen (secondary N) is 1. The normalized spacial score (nSPS) is 20.5. The van der Waals surface area contributed by atoms with Crippen molar-refractivity contribution < 1.29 is 9.47 Å². The van der Waals surface area contributed by atoms with E-state index in [1.807, 2.05) is 0 Å². The van der Waals surface area contributed by atoms with Crippen molar-refractivity contribution in [2.75, 3.05) is 19.0 Å². The van der Waals surface area contributed by atoms with Crippen LogP contribution in [-0.4, -0.2) is 29.9 Å². The number of rotatable bonds is 3. The van der Waals surface area contributed by atoms with Gasteiger partial charge in [-0.3, -0.25) is 0 Å². The fraction of sp³-hybridized carbons (Fsp3) is 0.500. The molecule has 1 atom stereocenters. The first-order valence-corrected chi connectivity index (χ1v) is 5.47. The predicted molar refractivity (Wildman–Crippen MR) is 60.5 cm³/mol. The molecule has 2 rings (SSSR count). The summed E-state index contributed by atoms with van der Waals surface area (Å²) in [5.74, 6) is 1.11. The van der Waals surface area contributed by atoms with Crippen LogP contribution in [0.4, 0.5) is 5.82 Å². The second-order valence-electron chi connectivity index (χ2n) is 3.33. The first kappa shape index (κ1) is 11.4. The predicted octanol–water partition coefficient (Wildman–Crippen LogP) is 1.89. The third kappa shape index (κ3) is 2.74. The molecule has 6 heteroatoms. The smallest absolute Gasteiger partial charge is 0.224 e. The molecule has 0 amide bonds. The molecule has 2 heterocycles. The highest BCUT2D eigenvalue weighted by Crippen LogP contribution is 2.25. The number of ether oxygens (including phenoxy) is 2. The van der Waals surface area contributed by atoms with E-state index in [9.17, 15) is 0 Å². The second kappa shape index (κ2) is 5.32.